The van der Waals surface area contributed by atoms with E-state index in [-0.39, 0.29) is 0 Å². The Hall–Kier alpha value is -1.55. The molecular weight excluding hydrogens is 176 g/mol. The van der Waals surface area contributed by atoms with E-state index in [2.05, 4.69) is 16.4 Å². The first-order valence-electron chi connectivity index (χ1n) is 4.56. The molecule has 0 fully saturated rings. The first-order chi connectivity index (χ1) is 6.74. The van der Waals surface area contributed by atoms with Gasteiger partial charge < -0.3 is 16.8 Å². The van der Waals surface area contributed by atoms with E-state index < -0.39 is 0 Å². The summed E-state index contributed by atoms with van der Waals surface area (Å²) in [7, 11) is 1.93. The Labute approximate surface area is 84.0 Å². The average Bonchev–Trinajstić information content (AvgIpc) is 2.18. The lowest BCUT2D eigenvalue weighted by Gasteiger charge is -1.99. The van der Waals surface area contributed by atoms with Crippen LogP contribution in [0.15, 0.2) is 18.3 Å². The van der Waals surface area contributed by atoms with Gasteiger partial charge in [-0.3, -0.25) is 0 Å². The van der Waals surface area contributed by atoms with Crippen molar-refractivity contribution in [3.63, 3.8) is 0 Å². The normalized spacial score (nSPS) is 10.9. The summed E-state index contributed by atoms with van der Waals surface area (Å²) in [5.41, 5.74) is 12.6. The van der Waals surface area contributed by atoms with E-state index >= 15 is 0 Å². The van der Waals surface area contributed by atoms with Gasteiger partial charge in [0.25, 0.3) is 0 Å². The molecule has 14 heavy (non-hydrogen) atoms. The molecule has 4 nitrogen and oxygen atoms in total. The molecule has 1 rings (SSSR count). The van der Waals surface area contributed by atoms with E-state index in [0.717, 1.165) is 18.5 Å². The second-order valence-electron chi connectivity index (χ2n) is 3.04. The van der Waals surface area contributed by atoms with Crippen molar-refractivity contribution in [2.45, 2.75) is 6.42 Å². The molecular formula is C10H16N4. The van der Waals surface area contributed by atoms with Crippen molar-refractivity contribution in [2.75, 3.05) is 25.1 Å². The highest BCUT2D eigenvalue weighted by molar-refractivity contribution is 5.63. The first-order valence-corrected chi connectivity index (χ1v) is 4.56. The Balaban J connectivity index is 2.59. The molecule has 1 aromatic heterocycles. The van der Waals surface area contributed by atoms with Crippen LogP contribution in [0.3, 0.4) is 0 Å². The maximum atomic E-state index is 5.62. The van der Waals surface area contributed by atoms with Crippen molar-refractivity contribution in [2.24, 2.45) is 0 Å². The van der Waals surface area contributed by atoms with Gasteiger partial charge in [0.05, 0.1) is 5.69 Å². The third kappa shape index (κ3) is 3.06. The van der Waals surface area contributed by atoms with Crippen molar-refractivity contribution in [3.05, 3.63) is 23.9 Å². The minimum absolute atomic E-state index is 0.386. The van der Waals surface area contributed by atoms with Gasteiger partial charge in [0.1, 0.15) is 5.82 Å². The van der Waals surface area contributed by atoms with Gasteiger partial charge in [-0.1, -0.05) is 12.2 Å². The van der Waals surface area contributed by atoms with Crippen LogP contribution in [-0.4, -0.2) is 18.6 Å². The SMILES string of the molecule is CNCCC=Cc1cnc(N)c(N)c1. The van der Waals surface area contributed by atoms with Gasteiger partial charge in [0.2, 0.25) is 0 Å². The molecule has 0 amide bonds. The van der Waals surface area contributed by atoms with Crippen LogP contribution in [-0.2, 0) is 0 Å². The number of aromatic nitrogens is 1. The predicted octanol–water partition coefficient (Wildman–Crippen LogP) is 0.869. The number of anilines is 2. The maximum absolute atomic E-state index is 5.62. The highest BCUT2D eigenvalue weighted by Gasteiger charge is 1.94. The lowest BCUT2D eigenvalue weighted by molar-refractivity contribution is 0.809. The second-order valence-corrected chi connectivity index (χ2v) is 3.04. The quantitative estimate of drug-likeness (QED) is 0.619. The summed E-state index contributed by atoms with van der Waals surface area (Å²) in [6, 6.07) is 1.82. The van der Waals surface area contributed by atoms with Crippen molar-refractivity contribution in [3.8, 4) is 0 Å². The molecule has 76 valence electrons. The molecule has 4 heteroatoms. The number of hydrogen-bond donors (Lipinski definition) is 3. The molecule has 5 N–H and O–H groups in total. The lowest BCUT2D eigenvalue weighted by Crippen LogP contribution is -2.05. The fourth-order valence-corrected chi connectivity index (χ4v) is 1.05. The van der Waals surface area contributed by atoms with Crippen molar-refractivity contribution >= 4 is 17.6 Å². The molecule has 0 aliphatic carbocycles. The Kier molecular flexibility index (Phi) is 3.94. The first kappa shape index (κ1) is 10.5. The summed E-state index contributed by atoms with van der Waals surface area (Å²) in [6.45, 7) is 0.967. The zero-order valence-corrected chi connectivity index (χ0v) is 8.33. The summed E-state index contributed by atoms with van der Waals surface area (Å²) in [6.07, 6.45) is 6.76. The van der Waals surface area contributed by atoms with Crippen LogP contribution in [0.2, 0.25) is 0 Å². The second kappa shape index (κ2) is 5.24. The highest BCUT2D eigenvalue weighted by atomic mass is 14.9. The third-order valence-corrected chi connectivity index (χ3v) is 1.84. The Morgan fingerprint density at radius 2 is 2.29 bits per heavy atom. The van der Waals surface area contributed by atoms with E-state index in [1.165, 1.54) is 0 Å². The van der Waals surface area contributed by atoms with Gasteiger partial charge in [0.15, 0.2) is 0 Å². The molecule has 0 atom stereocenters. The van der Waals surface area contributed by atoms with Gasteiger partial charge >= 0.3 is 0 Å². The van der Waals surface area contributed by atoms with Crippen molar-refractivity contribution < 1.29 is 0 Å². The number of pyridine rings is 1. The molecule has 0 saturated heterocycles. The Morgan fingerprint density at radius 1 is 1.50 bits per heavy atom. The van der Waals surface area contributed by atoms with E-state index in [4.69, 9.17) is 11.5 Å². The zero-order chi connectivity index (χ0) is 10.4. The monoisotopic (exact) mass is 192 g/mol. The Bertz CT molecular complexity index is 320. The molecule has 0 bridgehead atoms. The fraction of sp³-hybridized carbons (Fsp3) is 0.300. The van der Waals surface area contributed by atoms with Gasteiger partial charge in [-0.05, 0) is 31.6 Å². The number of nitrogen functional groups attached to an aromatic ring is 2. The number of nitrogens with two attached hydrogens (primary N) is 2. The lowest BCUT2D eigenvalue weighted by atomic mass is 10.2. The summed E-state index contributed by atoms with van der Waals surface area (Å²) < 4.78 is 0. The molecule has 0 saturated carbocycles. The van der Waals surface area contributed by atoms with Gasteiger partial charge in [-0.2, -0.15) is 0 Å². The number of hydrogen-bond acceptors (Lipinski definition) is 4. The molecule has 0 unspecified atom stereocenters. The number of nitrogens with one attached hydrogen (secondary N) is 1. The number of rotatable bonds is 4. The standard InChI is InChI=1S/C10H16N4/c1-13-5-3-2-4-8-6-9(11)10(12)14-7-8/h2,4,6-7,13H,3,5,11H2,1H3,(H2,12,14). The number of nitrogens with zero attached hydrogens (tertiary/aromatic N) is 1. The van der Waals surface area contributed by atoms with Gasteiger partial charge in [-0.25, -0.2) is 4.98 Å². The van der Waals surface area contributed by atoms with Crippen LogP contribution in [0, 0.1) is 0 Å². The largest absolute Gasteiger partial charge is 0.396 e. The molecule has 0 spiro atoms. The third-order valence-electron chi connectivity index (χ3n) is 1.84. The van der Waals surface area contributed by atoms with Crippen LogP contribution in [0.1, 0.15) is 12.0 Å². The van der Waals surface area contributed by atoms with E-state index in [0.29, 0.717) is 11.5 Å². The molecule has 0 aliphatic heterocycles. The highest BCUT2D eigenvalue weighted by Crippen LogP contribution is 2.13. The Morgan fingerprint density at radius 3 is 2.93 bits per heavy atom. The molecule has 0 radical (unpaired) electrons. The minimum atomic E-state index is 0.386. The zero-order valence-electron chi connectivity index (χ0n) is 8.33. The van der Waals surface area contributed by atoms with Crippen LogP contribution in [0.25, 0.3) is 6.08 Å². The van der Waals surface area contributed by atoms with Gasteiger partial charge in [0, 0.05) is 6.20 Å². The smallest absolute Gasteiger partial charge is 0.146 e. The maximum Gasteiger partial charge on any atom is 0.146 e. The summed E-state index contributed by atoms with van der Waals surface area (Å²) in [5.74, 6) is 0.386. The van der Waals surface area contributed by atoms with E-state index in [1.807, 2.05) is 19.2 Å². The predicted molar refractivity (Wildman–Crippen MR) is 60.6 cm³/mol. The van der Waals surface area contributed by atoms with E-state index in [9.17, 15) is 0 Å². The average molecular weight is 192 g/mol. The summed E-state index contributed by atoms with van der Waals surface area (Å²) in [5, 5.41) is 3.06. The minimum Gasteiger partial charge on any atom is -0.396 e. The molecule has 0 aromatic carbocycles. The van der Waals surface area contributed by atoms with Crippen LogP contribution in [0.5, 0.6) is 0 Å². The van der Waals surface area contributed by atoms with E-state index in [1.54, 1.807) is 6.20 Å². The summed E-state index contributed by atoms with van der Waals surface area (Å²) in [4.78, 5) is 3.96. The van der Waals surface area contributed by atoms with Crippen molar-refractivity contribution in [1.82, 2.24) is 10.3 Å². The van der Waals surface area contributed by atoms with Gasteiger partial charge in [-0.15, -0.1) is 0 Å². The van der Waals surface area contributed by atoms with Crippen LogP contribution in [0.4, 0.5) is 11.5 Å². The topological polar surface area (TPSA) is 77.0 Å². The molecule has 1 heterocycles. The van der Waals surface area contributed by atoms with Crippen LogP contribution >= 0.6 is 0 Å². The molecule has 0 aliphatic rings. The summed E-state index contributed by atoms with van der Waals surface area (Å²) >= 11 is 0. The van der Waals surface area contributed by atoms with Crippen LogP contribution < -0.4 is 16.8 Å². The fourth-order valence-electron chi connectivity index (χ4n) is 1.05. The molecule has 1 aromatic rings. The van der Waals surface area contributed by atoms with Crippen molar-refractivity contribution in [1.29, 1.82) is 0 Å².